The molecule has 1 heterocycles. The van der Waals surface area contributed by atoms with Crippen molar-refractivity contribution in [3.05, 3.63) is 0 Å². The molecule has 15 heavy (non-hydrogen) atoms. The van der Waals surface area contributed by atoms with Crippen molar-refractivity contribution in [3.8, 4) is 0 Å². The third-order valence-corrected chi connectivity index (χ3v) is 3.84. The first-order chi connectivity index (χ1) is 7.36. The molecule has 1 aliphatic carbocycles. The van der Waals surface area contributed by atoms with Crippen molar-refractivity contribution in [2.24, 2.45) is 5.92 Å². The molecular weight excluding hydrogens is 212 g/mol. The van der Waals surface area contributed by atoms with Crippen molar-refractivity contribution >= 4 is 18.2 Å². The van der Waals surface area contributed by atoms with Gasteiger partial charge in [0, 0.05) is 18.7 Å². The van der Waals surface area contributed by atoms with Gasteiger partial charge in [-0.15, -0.1) is 0 Å². The van der Waals surface area contributed by atoms with E-state index in [1.165, 1.54) is 44.2 Å². The summed E-state index contributed by atoms with van der Waals surface area (Å²) in [6.07, 6.45) is 6.57. The molecule has 0 radical (unpaired) electrons. The number of rotatable bonds is 4. The van der Waals surface area contributed by atoms with Crippen LogP contribution in [0.1, 0.15) is 32.1 Å². The monoisotopic (exact) mass is 230 g/mol. The number of cyclic esters (lactones) is 1. The van der Waals surface area contributed by atoms with Gasteiger partial charge in [0.1, 0.15) is 6.61 Å². The first-order valence-electron chi connectivity index (χ1n) is 5.70. The van der Waals surface area contributed by atoms with E-state index >= 15 is 0 Å². The molecule has 5 heteroatoms. The number of carbonyl (C=O) groups excluding carboxylic acids is 1. The molecule has 1 N–H and O–H groups in total. The second-order valence-corrected chi connectivity index (χ2v) is 5.07. The highest BCUT2D eigenvalue weighted by Gasteiger charge is 2.23. The molecule has 0 atom stereocenters. The van der Waals surface area contributed by atoms with E-state index in [1.54, 1.807) is 4.31 Å². The third-order valence-electron chi connectivity index (χ3n) is 3.00. The SMILES string of the molecule is O=C1OCCN1SNCC1CCCCC1. The molecule has 1 aliphatic heterocycles. The van der Waals surface area contributed by atoms with Crippen LogP contribution in [0, 0.1) is 5.92 Å². The van der Waals surface area contributed by atoms with Gasteiger partial charge < -0.3 is 4.74 Å². The van der Waals surface area contributed by atoms with Gasteiger partial charge in [-0.1, -0.05) is 19.3 Å². The van der Waals surface area contributed by atoms with Gasteiger partial charge in [0.2, 0.25) is 0 Å². The smallest absolute Gasteiger partial charge is 0.421 e. The van der Waals surface area contributed by atoms with Gasteiger partial charge in [0.05, 0.1) is 6.54 Å². The first kappa shape index (κ1) is 11.1. The van der Waals surface area contributed by atoms with Crippen molar-refractivity contribution in [1.29, 1.82) is 0 Å². The zero-order chi connectivity index (χ0) is 10.5. The Morgan fingerprint density at radius 1 is 1.40 bits per heavy atom. The predicted molar refractivity (Wildman–Crippen MR) is 60.2 cm³/mol. The van der Waals surface area contributed by atoms with Crippen LogP contribution in [0.2, 0.25) is 0 Å². The summed E-state index contributed by atoms with van der Waals surface area (Å²) in [5.74, 6) is 0.796. The predicted octanol–water partition coefficient (Wildman–Crippen LogP) is 2.17. The lowest BCUT2D eigenvalue weighted by atomic mass is 9.90. The molecule has 2 fully saturated rings. The molecule has 0 bridgehead atoms. The summed E-state index contributed by atoms with van der Waals surface area (Å²) in [4.78, 5) is 11.1. The van der Waals surface area contributed by atoms with Crippen LogP contribution >= 0.6 is 12.1 Å². The van der Waals surface area contributed by atoms with Gasteiger partial charge >= 0.3 is 6.09 Å². The quantitative estimate of drug-likeness (QED) is 0.752. The second kappa shape index (κ2) is 5.61. The minimum absolute atomic E-state index is 0.212. The molecule has 0 aromatic carbocycles. The molecule has 2 aliphatic rings. The molecule has 86 valence electrons. The van der Waals surface area contributed by atoms with Gasteiger partial charge in [0.25, 0.3) is 0 Å². The molecule has 1 saturated carbocycles. The van der Waals surface area contributed by atoms with Gasteiger partial charge in [-0.25, -0.2) is 13.8 Å². The number of nitrogens with one attached hydrogen (secondary N) is 1. The van der Waals surface area contributed by atoms with Crippen molar-refractivity contribution in [1.82, 2.24) is 9.03 Å². The highest BCUT2D eigenvalue weighted by molar-refractivity contribution is 7.95. The third kappa shape index (κ3) is 3.28. The second-order valence-electron chi connectivity index (χ2n) is 4.16. The molecule has 1 saturated heterocycles. The Morgan fingerprint density at radius 2 is 2.20 bits per heavy atom. The van der Waals surface area contributed by atoms with E-state index in [2.05, 4.69) is 4.72 Å². The first-order valence-corrected chi connectivity index (χ1v) is 6.48. The van der Waals surface area contributed by atoms with Crippen LogP contribution in [0.3, 0.4) is 0 Å². The lowest BCUT2D eigenvalue weighted by Gasteiger charge is -2.22. The molecule has 0 aromatic heterocycles. The lowest BCUT2D eigenvalue weighted by molar-refractivity contribution is 0.171. The summed E-state index contributed by atoms with van der Waals surface area (Å²) in [5, 5.41) is 0. The topological polar surface area (TPSA) is 41.6 Å². The molecule has 0 unspecified atom stereocenters. The van der Waals surface area contributed by atoms with Gasteiger partial charge in [-0.3, -0.25) is 0 Å². The van der Waals surface area contributed by atoms with E-state index in [4.69, 9.17) is 4.74 Å². The van der Waals surface area contributed by atoms with Crippen molar-refractivity contribution < 1.29 is 9.53 Å². The normalized spacial score (nSPS) is 23.2. The van der Waals surface area contributed by atoms with Crippen molar-refractivity contribution in [2.75, 3.05) is 19.7 Å². The number of hydrogen-bond donors (Lipinski definition) is 1. The van der Waals surface area contributed by atoms with Crippen molar-refractivity contribution in [3.63, 3.8) is 0 Å². The van der Waals surface area contributed by atoms with Crippen molar-refractivity contribution in [2.45, 2.75) is 32.1 Å². The molecular formula is C10H18N2O2S. The van der Waals surface area contributed by atoms with E-state index in [1.807, 2.05) is 0 Å². The summed E-state index contributed by atoms with van der Waals surface area (Å²) < 4.78 is 9.75. The fourth-order valence-electron chi connectivity index (χ4n) is 2.09. The van der Waals surface area contributed by atoms with Gasteiger partial charge in [-0.2, -0.15) is 0 Å². The van der Waals surface area contributed by atoms with E-state index in [-0.39, 0.29) is 6.09 Å². The highest BCUT2D eigenvalue weighted by atomic mass is 32.2. The highest BCUT2D eigenvalue weighted by Crippen LogP contribution is 2.23. The standard InChI is InChI=1S/C10H18N2O2S/c13-10-12(6-7-14-10)15-11-8-9-4-2-1-3-5-9/h9,11H,1-8H2. The average Bonchev–Trinajstić information content (AvgIpc) is 2.66. The maximum atomic E-state index is 11.1. The van der Waals surface area contributed by atoms with Crippen LogP contribution in [0.25, 0.3) is 0 Å². The number of hydrogen-bond acceptors (Lipinski definition) is 4. The summed E-state index contributed by atoms with van der Waals surface area (Å²) in [5.41, 5.74) is 0. The van der Waals surface area contributed by atoms with Crippen LogP contribution in [0.4, 0.5) is 4.79 Å². The van der Waals surface area contributed by atoms with Gasteiger partial charge in [-0.05, 0) is 18.8 Å². The number of ether oxygens (including phenoxy) is 1. The van der Waals surface area contributed by atoms with Crippen LogP contribution < -0.4 is 4.72 Å². The van der Waals surface area contributed by atoms with E-state index in [9.17, 15) is 4.79 Å². The summed E-state index contributed by atoms with van der Waals surface area (Å²) in [7, 11) is 0. The molecule has 4 nitrogen and oxygen atoms in total. The fourth-order valence-corrected chi connectivity index (χ4v) is 2.85. The Labute approximate surface area is 95.0 Å². The van der Waals surface area contributed by atoms with E-state index in [0.717, 1.165) is 12.5 Å². The minimum atomic E-state index is -0.212. The number of amides is 1. The maximum Gasteiger partial charge on any atom is 0.421 e. The zero-order valence-electron chi connectivity index (χ0n) is 8.91. The Kier molecular flexibility index (Phi) is 4.14. The summed E-state index contributed by atoms with van der Waals surface area (Å²) >= 11 is 1.39. The molecule has 0 spiro atoms. The Balaban J connectivity index is 1.59. The van der Waals surface area contributed by atoms with Gasteiger partial charge in [0.15, 0.2) is 0 Å². The van der Waals surface area contributed by atoms with E-state index in [0.29, 0.717) is 13.2 Å². The lowest BCUT2D eigenvalue weighted by Crippen LogP contribution is -2.26. The average molecular weight is 230 g/mol. The largest absolute Gasteiger partial charge is 0.447 e. The van der Waals surface area contributed by atoms with E-state index < -0.39 is 0 Å². The van der Waals surface area contributed by atoms with Crippen LogP contribution in [-0.4, -0.2) is 30.1 Å². The van der Waals surface area contributed by atoms with Crippen LogP contribution in [0.15, 0.2) is 0 Å². The Hall–Kier alpha value is -0.420. The maximum absolute atomic E-state index is 11.1. The minimum Gasteiger partial charge on any atom is -0.447 e. The number of nitrogens with zero attached hydrogens (tertiary/aromatic N) is 1. The molecule has 0 aromatic rings. The summed E-state index contributed by atoms with van der Waals surface area (Å²) in [6, 6.07) is 0. The molecule has 2 rings (SSSR count). The molecule has 1 amide bonds. The Bertz CT molecular complexity index is 219. The zero-order valence-corrected chi connectivity index (χ0v) is 9.72. The number of carbonyl (C=O) groups is 1. The van der Waals surface area contributed by atoms with Crippen LogP contribution in [0.5, 0.6) is 0 Å². The fraction of sp³-hybridized carbons (Fsp3) is 0.900. The Morgan fingerprint density at radius 3 is 2.87 bits per heavy atom. The summed E-state index contributed by atoms with van der Waals surface area (Å²) in [6.45, 7) is 2.23. The van der Waals surface area contributed by atoms with Crippen LogP contribution in [-0.2, 0) is 4.74 Å².